The molecule has 1 unspecified atom stereocenters. The maximum absolute atomic E-state index is 10.0. The normalized spacial score (nSPS) is 12.6. The molecule has 0 aliphatic carbocycles. The molecule has 2 aromatic rings. The summed E-state index contributed by atoms with van der Waals surface area (Å²) in [5.41, 5.74) is 8.05. The number of pyridine rings is 1. The Balaban J connectivity index is 2.17. The van der Waals surface area contributed by atoms with Gasteiger partial charge in [0.25, 0.3) is 0 Å². The van der Waals surface area contributed by atoms with Crippen molar-refractivity contribution in [3.05, 3.63) is 42.0 Å². The van der Waals surface area contributed by atoms with E-state index in [0.717, 1.165) is 11.3 Å². The van der Waals surface area contributed by atoms with Crippen LogP contribution in [0.5, 0.6) is 0 Å². The third-order valence-corrected chi connectivity index (χ3v) is 2.55. The highest BCUT2D eigenvalue weighted by Gasteiger charge is 2.13. The van der Waals surface area contributed by atoms with Crippen molar-refractivity contribution in [2.24, 2.45) is 7.05 Å². The molecule has 16 heavy (non-hydrogen) atoms. The Morgan fingerprint density at radius 1 is 1.44 bits per heavy atom. The van der Waals surface area contributed by atoms with Gasteiger partial charge in [0.05, 0.1) is 11.8 Å². The summed E-state index contributed by atoms with van der Waals surface area (Å²) in [4.78, 5) is 3.99. The van der Waals surface area contributed by atoms with Crippen molar-refractivity contribution in [2.45, 2.75) is 12.5 Å². The van der Waals surface area contributed by atoms with Crippen LogP contribution in [0.4, 0.5) is 5.69 Å². The molecule has 0 saturated heterocycles. The van der Waals surface area contributed by atoms with Gasteiger partial charge >= 0.3 is 0 Å². The van der Waals surface area contributed by atoms with E-state index < -0.39 is 6.10 Å². The number of nitrogens with zero attached hydrogens (tertiary/aromatic N) is 3. The Hall–Kier alpha value is -1.88. The molecule has 0 radical (unpaired) electrons. The first-order chi connectivity index (χ1) is 7.68. The molecule has 0 amide bonds. The molecule has 84 valence electrons. The average Bonchev–Trinajstić information content (AvgIpc) is 2.68. The minimum Gasteiger partial charge on any atom is -0.398 e. The summed E-state index contributed by atoms with van der Waals surface area (Å²) < 4.78 is 1.65. The first-order valence-corrected chi connectivity index (χ1v) is 5.03. The molecule has 0 aromatic carbocycles. The van der Waals surface area contributed by atoms with Crippen LogP contribution in [0, 0.1) is 0 Å². The van der Waals surface area contributed by atoms with Crippen molar-refractivity contribution in [3.63, 3.8) is 0 Å². The fraction of sp³-hybridized carbons (Fsp3) is 0.273. The van der Waals surface area contributed by atoms with Crippen LogP contribution in [-0.4, -0.2) is 19.9 Å². The van der Waals surface area contributed by atoms with Crippen molar-refractivity contribution in [1.29, 1.82) is 0 Å². The van der Waals surface area contributed by atoms with Crippen molar-refractivity contribution >= 4 is 5.69 Å². The lowest BCUT2D eigenvalue weighted by Gasteiger charge is -2.12. The predicted octanol–water partition coefficient (Wildman–Crippen LogP) is 0.673. The van der Waals surface area contributed by atoms with Crippen LogP contribution in [0.25, 0.3) is 0 Å². The second-order valence-corrected chi connectivity index (χ2v) is 3.67. The van der Waals surface area contributed by atoms with Crippen LogP contribution in [0.3, 0.4) is 0 Å². The molecule has 2 aromatic heterocycles. The fourth-order valence-electron chi connectivity index (χ4n) is 1.63. The zero-order valence-electron chi connectivity index (χ0n) is 9.04. The van der Waals surface area contributed by atoms with Crippen LogP contribution in [0.15, 0.2) is 30.7 Å². The van der Waals surface area contributed by atoms with Crippen LogP contribution >= 0.6 is 0 Å². The number of anilines is 1. The summed E-state index contributed by atoms with van der Waals surface area (Å²) in [5, 5.41) is 14.0. The molecule has 0 aliphatic heterocycles. The summed E-state index contributed by atoms with van der Waals surface area (Å²) in [6.07, 6.45) is 4.80. The number of aliphatic hydroxyl groups is 1. The maximum atomic E-state index is 10.0. The molecular weight excluding hydrogens is 204 g/mol. The van der Waals surface area contributed by atoms with Gasteiger partial charge in [0, 0.05) is 37.7 Å². The van der Waals surface area contributed by atoms with Gasteiger partial charge in [-0.15, -0.1) is 0 Å². The first-order valence-electron chi connectivity index (χ1n) is 5.03. The first kappa shape index (κ1) is 10.6. The van der Waals surface area contributed by atoms with E-state index in [4.69, 9.17) is 5.73 Å². The lowest BCUT2D eigenvalue weighted by atomic mass is 10.1. The fourth-order valence-corrected chi connectivity index (χ4v) is 1.63. The summed E-state index contributed by atoms with van der Waals surface area (Å²) in [6, 6.07) is 3.52. The topological polar surface area (TPSA) is 77.0 Å². The molecule has 0 spiro atoms. The molecule has 0 saturated carbocycles. The highest BCUT2D eigenvalue weighted by atomic mass is 16.3. The van der Waals surface area contributed by atoms with Gasteiger partial charge in [0.15, 0.2) is 0 Å². The van der Waals surface area contributed by atoms with Gasteiger partial charge in [0.1, 0.15) is 0 Å². The van der Waals surface area contributed by atoms with E-state index in [1.807, 2.05) is 0 Å². The number of hydrogen-bond donors (Lipinski definition) is 2. The van der Waals surface area contributed by atoms with Crippen molar-refractivity contribution < 1.29 is 5.11 Å². The standard InChI is InChI=1S/C11H14N4O/c1-15-10(3-5-14-15)11(16)6-8-7-13-4-2-9(8)12/h2-5,7,11,16H,6H2,1H3,(H2,12,13). The van der Waals surface area contributed by atoms with Crippen molar-refractivity contribution in [2.75, 3.05) is 5.73 Å². The number of aromatic nitrogens is 3. The molecular formula is C11H14N4O. The van der Waals surface area contributed by atoms with E-state index in [1.165, 1.54) is 0 Å². The monoisotopic (exact) mass is 218 g/mol. The van der Waals surface area contributed by atoms with E-state index in [0.29, 0.717) is 12.1 Å². The molecule has 1 atom stereocenters. The third kappa shape index (κ3) is 2.04. The smallest absolute Gasteiger partial charge is 0.0998 e. The number of rotatable bonds is 3. The average molecular weight is 218 g/mol. The zero-order valence-corrected chi connectivity index (χ0v) is 9.04. The van der Waals surface area contributed by atoms with Gasteiger partial charge in [-0.05, 0) is 17.7 Å². The van der Waals surface area contributed by atoms with Gasteiger partial charge < -0.3 is 10.8 Å². The van der Waals surface area contributed by atoms with Crippen LogP contribution in [0.2, 0.25) is 0 Å². The molecule has 5 nitrogen and oxygen atoms in total. The summed E-state index contributed by atoms with van der Waals surface area (Å²) in [6.45, 7) is 0. The lowest BCUT2D eigenvalue weighted by Crippen LogP contribution is -2.09. The highest BCUT2D eigenvalue weighted by Crippen LogP contribution is 2.20. The molecule has 0 bridgehead atoms. The summed E-state index contributed by atoms with van der Waals surface area (Å²) in [7, 11) is 1.80. The van der Waals surface area contributed by atoms with Gasteiger partial charge in [-0.25, -0.2) is 0 Å². The van der Waals surface area contributed by atoms with Crippen LogP contribution in [0.1, 0.15) is 17.4 Å². The van der Waals surface area contributed by atoms with Crippen LogP contribution in [-0.2, 0) is 13.5 Å². The van der Waals surface area contributed by atoms with E-state index in [2.05, 4.69) is 10.1 Å². The van der Waals surface area contributed by atoms with E-state index in [1.54, 1.807) is 42.5 Å². The van der Waals surface area contributed by atoms with Crippen molar-refractivity contribution in [1.82, 2.24) is 14.8 Å². The largest absolute Gasteiger partial charge is 0.398 e. The number of nitrogen functional groups attached to an aromatic ring is 1. The van der Waals surface area contributed by atoms with E-state index in [9.17, 15) is 5.11 Å². The second kappa shape index (κ2) is 4.32. The molecule has 5 heteroatoms. The predicted molar refractivity (Wildman–Crippen MR) is 60.5 cm³/mol. The highest BCUT2D eigenvalue weighted by molar-refractivity contribution is 5.44. The summed E-state index contributed by atoms with van der Waals surface area (Å²) >= 11 is 0. The number of aliphatic hydroxyl groups excluding tert-OH is 1. The van der Waals surface area contributed by atoms with E-state index in [-0.39, 0.29) is 0 Å². The Kier molecular flexibility index (Phi) is 2.87. The van der Waals surface area contributed by atoms with Gasteiger partial charge in [-0.1, -0.05) is 0 Å². The maximum Gasteiger partial charge on any atom is 0.0998 e. The Bertz CT molecular complexity index is 480. The zero-order chi connectivity index (χ0) is 11.5. The quantitative estimate of drug-likeness (QED) is 0.794. The number of aryl methyl sites for hydroxylation is 1. The molecule has 3 N–H and O–H groups in total. The van der Waals surface area contributed by atoms with Gasteiger partial charge in [-0.3, -0.25) is 9.67 Å². The Morgan fingerprint density at radius 3 is 2.88 bits per heavy atom. The SMILES string of the molecule is Cn1nccc1C(O)Cc1cnccc1N. The van der Waals surface area contributed by atoms with Crippen molar-refractivity contribution in [3.8, 4) is 0 Å². The van der Waals surface area contributed by atoms with Crippen LogP contribution < -0.4 is 5.73 Å². The minimum absolute atomic E-state index is 0.444. The Morgan fingerprint density at radius 2 is 2.25 bits per heavy atom. The summed E-state index contributed by atoms with van der Waals surface area (Å²) in [5.74, 6) is 0. The molecule has 0 fully saturated rings. The third-order valence-electron chi connectivity index (χ3n) is 2.55. The molecule has 0 aliphatic rings. The van der Waals surface area contributed by atoms with Gasteiger partial charge in [0.2, 0.25) is 0 Å². The van der Waals surface area contributed by atoms with E-state index >= 15 is 0 Å². The number of hydrogen-bond acceptors (Lipinski definition) is 4. The Labute approximate surface area is 93.5 Å². The second-order valence-electron chi connectivity index (χ2n) is 3.67. The van der Waals surface area contributed by atoms with Gasteiger partial charge in [-0.2, -0.15) is 5.10 Å². The minimum atomic E-state index is -0.612. The lowest BCUT2D eigenvalue weighted by molar-refractivity contribution is 0.168. The molecule has 2 rings (SSSR count). The number of nitrogens with two attached hydrogens (primary N) is 1. The molecule has 2 heterocycles.